The van der Waals surface area contributed by atoms with E-state index in [0.29, 0.717) is 0 Å². The van der Waals surface area contributed by atoms with Crippen LogP contribution in [0.1, 0.15) is 51.0 Å². The highest BCUT2D eigenvalue weighted by Gasteiger charge is 2.39. The molecule has 1 atom stereocenters. The van der Waals surface area contributed by atoms with E-state index in [9.17, 15) is 9.59 Å². The highest BCUT2D eigenvalue weighted by molar-refractivity contribution is 5.93. The Kier molecular flexibility index (Phi) is 4.52. The Labute approximate surface area is 115 Å². The van der Waals surface area contributed by atoms with Crippen molar-refractivity contribution < 1.29 is 9.59 Å². The van der Waals surface area contributed by atoms with Crippen molar-refractivity contribution in [3.05, 3.63) is 35.9 Å². The van der Waals surface area contributed by atoms with Crippen molar-refractivity contribution in [1.82, 2.24) is 0 Å². The van der Waals surface area contributed by atoms with Gasteiger partial charge in [0.05, 0.1) is 5.41 Å². The molecule has 1 fully saturated rings. The smallest absolute Gasteiger partial charge is 0.146 e. The molecular weight excluding hydrogens is 236 g/mol. The van der Waals surface area contributed by atoms with E-state index in [1.807, 2.05) is 37.3 Å². The molecule has 0 heterocycles. The SMILES string of the molecule is CC(CC=O)(C(=O)C1CCCCC1)c1ccccc1. The van der Waals surface area contributed by atoms with Gasteiger partial charge >= 0.3 is 0 Å². The maximum Gasteiger partial charge on any atom is 0.146 e. The van der Waals surface area contributed by atoms with Crippen LogP contribution >= 0.6 is 0 Å². The summed E-state index contributed by atoms with van der Waals surface area (Å²) in [6.45, 7) is 1.92. The molecule has 1 aliphatic carbocycles. The van der Waals surface area contributed by atoms with E-state index in [4.69, 9.17) is 0 Å². The summed E-state index contributed by atoms with van der Waals surface area (Å²) in [5, 5.41) is 0. The van der Waals surface area contributed by atoms with Crippen LogP contribution in [-0.4, -0.2) is 12.1 Å². The lowest BCUT2D eigenvalue weighted by atomic mass is 9.69. The predicted octanol–water partition coefficient (Wildman–Crippen LogP) is 3.68. The van der Waals surface area contributed by atoms with Crippen molar-refractivity contribution in [3.63, 3.8) is 0 Å². The molecule has 0 spiro atoms. The molecule has 1 aromatic rings. The number of hydrogen-bond acceptors (Lipinski definition) is 2. The Bertz CT molecular complexity index is 432. The zero-order chi connectivity index (χ0) is 13.7. The summed E-state index contributed by atoms with van der Waals surface area (Å²) < 4.78 is 0. The minimum absolute atomic E-state index is 0.138. The molecule has 0 bridgehead atoms. The molecule has 0 radical (unpaired) electrons. The van der Waals surface area contributed by atoms with E-state index in [-0.39, 0.29) is 18.1 Å². The maximum atomic E-state index is 12.9. The van der Waals surface area contributed by atoms with E-state index < -0.39 is 5.41 Å². The van der Waals surface area contributed by atoms with Crippen molar-refractivity contribution in [3.8, 4) is 0 Å². The standard InChI is InChI=1S/C17H22O2/c1-17(12-13-18,15-10-6-3-7-11-15)16(19)14-8-4-2-5-9-14/h3,6-7,10-11,13-14H,2,4-5,8-9,12H2,1H3. The fourth-order valence-corrected chi connectivity index (χ4v) is 3.15. The van der Waals surface area contributed by atoms with Crippen LogP contribution in [0.15, 0.2) is 30.3 Å². The minimum Gasteiger partial charge on any atom is -0.303 e. The highest BCUT2D eigenvalue weighted by Crippen LogP contribution is 2.35. The molecule has 19 heavy (non-hydrogen) atoms. The van der Waals surface area contributed by atoms with E-state index in [1.165, 1.54) is 6.42 Å². The first kappa shape index (κ1) is 14.0. The summed E-state index contributed by atoms with van der Waals surface area (Å²) in [5.74, 6) is 0.393. The minimum atomic E-state index is -0.648. The average molecular weight is 258 g/mol. The second-order valence-corrected chi connectivity index (χ2v) is 5.77. The number of Topliss-reactive ketones (excluding diaryl/α,β-unsaturated/α-hetero) is 1. The number of benzene rings is 1. The van der Waals surface area contributed by atoms with Crippen LogP contribution in [0, 0.1) is 5.92 Å². The Morgan fingerprint density at radius 2 is 1.84 bits per heavy atom. The van der Waals surface area contributed by atoms with Crippen LogP contribution in [0.4, 0.5) is 0 Å². The normalized spacial score (nSPS) is 19.6. The van der Waals surface area contributed by atoms with Crippen molar-refractivity contribution >= 4 is 12.1 Å². The lowest BCUT2D eigenvalue weighted by Crippen LogP contribution is -2.38. The van der Waals surface area contributed by atoms with Gasteiger partial charge in [0.15, 0.2) is 0 Å². The summed E-state index contributed by atoms with van der Waals surface area (Å²) in [6.07, 6.45) is 6.66. The summed E-state index contributed by atoms with van der Waals surface area (Å²) in [7, 11) is 0. The molecule has 1 saturated carbocycles. The first-order valence-corrected chi connectivity index (χ1v) is 7.22. The highest BCUT2D eigenvalue weighted by atomic mass is 16.1. The lowest BCUT2D eigenvalue weighted by Gasteiger charge is -2.32. The van der Waals surface area contributed by atoms with Gasteiger partial charge in [-0.1, -0.05) is 49.6 Å². The van der Waals surface area contributed by atoms with Gasteiger partial charge in [0.1, 0.15) is 12.1 Å². The third-order valence-electron chi connectivity index (χ3n) is 4.42. The van der Waals surface area contributed by atoms with Crippen LogP contribution in [0.2, 0.25) is 0 Å². The monoisotopic (exact) mass is 258 g/mol. The van der Waals surface area contributed by atoms with Gasteiger partial charge in [-0.2, -0.15) is 0 Å². The molecule has 0 N–H and O–H groups in total. The number of hydrogen-bond donors (Lipinski definition) is 0. The van der Waals surface area contributed by atoms with Crippen LogP contribution in [-0.2, 0) is 15.0 Å². The van der Waals surface area contributed by atoms with Crippen LogP contribution in [0.3, 0.4) is 0 Å². The first-order chi connectivity index (χ1) is 9.18. The largest absolute Gasteiger partial charge is 0.303 e. The van der Waals surface area contributed by atoms with E-state index in [0.717, 1.165) is 37.5 Å². The van der Waals surface area contributed by atoms with Gasteiger partial charge in [0.25, 0.3) is 0 Å². The fourth-order valence-electron chi connectivity index (χ4n) is 3.15. The number of carbonyl (C=O) groups is 2. The Morgan fingerprint density at radius 3 is 2.42 bits per heavy atom. The molecule has 0 saturated heterocycles. The molecule has 2 rings (SSSR count). The zero-order valence-electron chi connectivity index (χ0n) is 11.6. The van der Waals surface area contributed by atoms with Gasteiger partial charge in [-0.05, 0) is 25.3 Å². The van der Waals surface area contributed by atoms with Crippen molar-refractivity contribution in [2.24, 2.45) is 5.92 Å². The van der Waals surface area contributed by atoms with Crippen molar-refractivity contribution in [2.75, 3.05) is 0 Å². The molecule has 1 unspecified atom stereocenters. The van der Waals surface area contributed by atoms with Gasteiger partial charge in [0.2, 0.25) is 0 Å². The molecule has 2 heteroatoms. The fraction of sp³-hybridized carbons (Fsp3) is 0.529. The lowest BCUT2D eigenvalue weighted by molar-refractivity contribution is -0.130. The molecule has 0 aromatic heterocycles. The molecule has 1 aliphatic rings. The third kappa shape index (κ3) is 2.94. The predicted molar refractivity (Wildman–Crippen MR) is 76.1 cm³/mol. The van der Waals surface area contributed by atoms with Crippen molar-refractivity contribution in [1.29, 1.82) is 0 Å². The summed E-state index contributed by atoms with van der Waals surface area (Å²) >= 11 is 0. The zero-order valence-corrected chi connectivity index (χ0v) is 11.6. The van der Waals surface area contributed by atoms with E-state index in [1.54, 1.807) is 0 Å². The molecule has 102 valence electrons. The van der Waals surface area contributed by atoms with E-state index >= 15 is 0 Å². The topological polar surface area (TPSA) is 34.1 Å². The Balaban J connectivity index is 2.27. The number of aldehydes is 1. The van der Waals surface area contributed by atoms with Crippen LogP contribution in [0.5, 0.6) is 0 Å². The summed E-state index contributed by atoms with van der Waals surface area (Å²) in [5.41, 5.74) is 0.322. The molecule has 1 aromatic carbocycles. The average Bonchev–Trinajstić information content (AvgIpc) is 2.48. The molecule has 0 amide bonds. The van der Waals surface area contributed by atoms with Gasteiger partial charge in [-0.3, -0.25) is 4.79 Å². The number of ketones is 1. The first-order valence-electron chi connectivity index (χ1n) is 7.22. The van der Waals surface area contributed by atoms with Gasteiger partial charge in [-0.15, -0.1) is 0 Å². The Morgan fingerprint density at radius 1 is 1.21 bits per heavy atom. The summed E-state index contributed by atoms with van der Waals surface area (Å²) in [4.78, 5) is 23.9. The molecular formula is C17H22O2. The third-order valence-corrected chi connectivity index (χ3v) is 4.42. The second-order valence-electron chi connectivity index (χ2n) is 5.77. The summed E-state index contributed by atoms with van der Waals surface area (Å²) in [6, 6.07) is 9.74. The van der Waals surface area contributed by atoms with Crippen LogP contribution < -0.4 is 0 Å². The van der Waals surface area contributed by atoms with E-state index in [2.05, 4.69) is 0 Å². The maximum absolute atomic E-state index is 12.9. The van der Waals surface area contributed by atoms with Gasteiger partial charge in [-0.25, -0.2) is 0 Å². The van der Waals surface area contributed by atoms with Crippen molar-refractivity contribution in [2.45, 2.75) is 50.9 Å². The molecule has 2 nitrogen and oxygen atoms in total. The Hall–Kier alpha value is -1.44. The quantitative estimate of drug-likeness (QED) is 0.755. The van der Waals surface area contributed by atoms with Gasteiger partial charge in [0, 0.05) is 12.3 Å². The van der Waals surface area contributed by atoms with Gasteiger partial charge < -0.3 is 4.79 Å². The second kappa shape index (κ2) is 6.14. The number of carbonyl (C=O) groups excluding carboxylic acids is 2. The molecule has 0 aliphatic heterocycles. The number of rotatable bonds is 5. The van der Waals surface area contributed by atoms with Crippen LogP contribution in [0.25, 0.3) is 0 Å².